The number of piperidine rings is 2. The minimum absolute atomic E-state index is 0. The summed E-state index contributed by atoms with van der Waals surface area (Å²) in [6.07, 6.45) is 2.43. The SMILES string of the molecule is Cl.O=C1CCC(Nc2ccc(N3CCN(C(=O)C4CCNCC4)CC3)c(F)c2)C(=O)N1. The van der Waals surface area contributed by atoms with E-state index in [2.05, 4.69) is 16.0 Å². The van der Waals surface area contributed by atoms with Gasteiger partial charge in [-0.2, -0.15) is 0 Å². The number of carbonyl (C=O) groups excluding carboxylic acids is 3. The van der Waals surface area contributed by atoms with Crippen LogP contribution in [-0.2, 0) is 14.4 Å². The molecule has 10 heteroatoms. The fourth-order valence-corrected chi connectivity index (χ4v) is 4.38. The van der Waals surface area contributed by atoms with Gasteiger partial charge in [-0.15, -0.1) is 12.4 Å². The van der Waals surface area contributed by atoms with Crippen molar-refractivity contribution in [3.05, 3.63) is 24.0 Å². The quantitative estimate of drug-likeness (QED) is 0.591. The smallest absolute Gasteiger partial charge is 0.249 e. The maximum Gasteiger partial charge on any atom is 0.249 e. The zero-order valence-corrected chi connectivity index (χ0v) is 18.2. The maximum atomic E-state index is 14.8. The first-order chi connectivity index (χ1) is 14.5. The summed E-state index contributed by atoms with van der Waals surface area (Å²) >= 11 is 0. The number of hydrogen-bond acceptors (Lipinski definition) is 6. The Labute approximate surface area is 187 Å². The van der Waals surface area contributed by atoms with Crippen LogP contribution in [0.5, 0.6) is 0 Å². The van der Waals surface area contributed by atoms with Crippen LogP contribution in [0.25, 0.3) is 0 Å². The van der Waals surface area contributed by atoms with Crippen LogP contribution in [0.2, 0.25) is 0 Å². The van der Waals surface area contributed by atoms with E-state index in [1.165, 1.54) is 6.07 Å². The third-order valence-electron chi connectivity index (χ3n) is 6.15. The topological polar surface area (TPSA) is 93.8 Å². The molecule has 3 aliphatic rings. The molecule has 4 rings (SSSR count). The second-order valence-corrected chi connectivity index (χ2v) is 8.15. The molecule has 1 unspecified atom stereocenters. The summed E-state index contributed by atoms with van der Waals surface area (Å²) in [5, 5.41) is 8.56. The van der Waals surface area contributed by atoms with Gasteiger partial charge in [0.1, 0.15) is 11.9 Å². The number of piperazine rings is 1. The van der Waals surface area contributed by atoms with Crippen molar-refractivity contribution in [3.8, 4) is 0 Å². The molecule has 0 aliphatic carbocycles. The monoisotopic (exact) mass is 453 g/mol. The Morgan fingerprint density at radius 2 is 1.77 bits per heavy atom. The van der Waals surface area contributed by atoms with Crippen LogP contribution in [0.3, 0.4) is 0 Å². The average Bonchev–Trinajstić information content (AvgIpc) is 2.76. The van der Waals surface area contributed by atoms with Crippen molar-refractivity contribution >= 4 is 41.5 Å². The molecule has 0 saturated carbocycles. The minimum Gasteiger partial charge on any atom is -0.374 e. The van der Waals surface area contributed by atoms with Gasteiger partial charge in [-0.05, 0) is 50.6 Å². The molecule has 3 heterocycles. The van der Waals surface area contributed by atoms with Crippen LogP contribution in [-0.4, -0.2) is 67.9 Å². The van der Waals surface area contributed by atoms with Crippen molar-refractivity contribution in [3.63, 3.8) is 0 Å². The van der Waals surface area contributed by atoms with E-state index < -0.39 is 6.04 Å². The number of rotatable bonds is 4. The molecule has 31 heavy (non-hydrogen) atoms. The van der Waals surface area contributed by atoms with Gasteiger partial charge in [0.15, 0.2) is 0 Å². The van der Waals surface area contributed by atoms with Crippen LogP contribution in [0.1, 0.15) is 25.7 Å². The van der Waals surface area contributed by atoms with Crippen molar-refractivity contribution < 1.29 is 18.8 Å². The first kappa shape index (κ1) is 23.3. The minimum atomic E-state index is -0.544. The number of anilines is 2. The molecule has 3 N–H and O–H groups in total. The van der Waals surface area contributed by atoms with Crippen LogP contribution in [0, 0.1) is 11.7 Å². The van der Waals surface area contributed by atoms with Crippen LogP contribution < -0.4 is 20.9 Å². The number of benzene rings is 1. The lowest BCUT2D eigenvalue weighted by molar-refractivity contribution is -0.137. The van der Waals surface area contributed by atoms with E-state index in [1.807, 2.05) is 9.80 Å². The van der Waals surface area contributed by atoms with Gasteiger partial charge < -0.3 is 20.4 Å². The van der Waals surface area contributed by atoms with E-state index in [0.717, 1.165) is 25.9 Å². The molecule has 170 valence electrons. The molecule has 3 amide bonds. The largest absolute Gasteiger partial charge is 0.374 e. The third-order valence-corrected chi connectivity index (χ3v) is 6.15. The second kappa shape index (κ2) is 10.3. The zero-order chi connectivity index (χ0) is 21.1. The Kier molecular flexibility index (Phi) is 7.72. The summed E-state index contributed by atoms with van der Waals surface area (Å²) in [4.78, 5) is 39.7. The molecule has 0 bridgehead atoms. The molecule has 0 radical (unpaired) electrons. The summed E-state index contributed by atoms with van der Waals surface area (Å²) in [5.41, 5.74) is 1.00. The standard InChI is InChI=1S/C21H28FN5O3.ClH/c22-16-13-15(24-17-2-4-19(28)25-20(17)29)1-3-18(16)26-9-11-27(12-10-26)21(30)14-5-7-23-8-6-14;/h1,3,13-14,17,23-24H,2,4-12H2,(H,25,28,29);1H. The van der Waals surface area contributed by atoms with Crippen molar-refractivity contribution in [1.82, 2.24) is 15.5 Å². The van der Waals surface area contributed by atoms with Crippen LogP contribution in [0.4, 0.5) is 15.8 Å². The van der Waals surface area contributed by atoms with Gasteiger partial charge in [0.2, 0.25) is 17.7 Å². The number of carbonyl (C=O) groups is 3. The van der Waals surface area contributed by atoms with Crippen LogP contribution >= 0.6 is 12.4 Å². The fourth-order valence-electron chi connectivity index (χ4n) is 4.38. The van der Waals surface area contributed by atoms with Gasteiger partial charge in [-0.25, -0.2) is 4.39 Å². The third kappa shape index (κ3) is 5.46. The molecule has 1 atom stereocenters. The molecule has 0 spiro atoms. The molecule has 1 aromatic carbocycles. The van der Waals surface area contributed by atoms with Gasteiger partial charge in [0, 0.05) is 44.2 Å². The lowest BCUT2D eigenvalue weighted by Gasteiger charge is -2.38. The van der Waals surface area contributed by atoms with Gasteiger partial charge in [0.25, 0.3) is 0 Å². The Hall–Kier alpha value is -2.39. The number of nitrogens with one attached hydrogen (secondary N) is 3. The normalized spacial score (nSPS) is 22.5. The Bertz CT molecular complexity index is 825. The maximum absolute atomic E-state index is 14.8. The predicted octanol–water partition coefficient (Wildman–Crippen LogP) is 1.11. The first-order valence-corrected chi connectivity index (χ1v) is 10.7. The highest BCUT2D eigenvalue weighted by molar-refractivity contribution is 6.01. The number of imide groups is 1. The van der Waals surface area contributed by atoms with E-state index in [9.17, 15) is 18.8 Å². The number of halogens is 2. The molecule has 3 aliphatic heterocycles. The second-order valence-electron chi connectivity index (χ2n) is 8.15. The molecule has 3 saturated heterocycles. The molecule has 3 fully saturated rings. The Balaban J connectivity index is 0.00000272. The number of nitrogens with zero attached hydrogens (tertiary/aromatic N) is 2. The summed E-state index contributed by atoms with van der Waals surface area (Å²) in [6, 6.07) is 4.28. The van der Waals surface area contributed by atoms with E-state index in [-0.39, 0.29) is 48.3 Å². The molecular formula is C21H29ClFN5O3. The van der Waals surface area contributed by atoms with E-state index in [4.69, 9.17) is 0 Å². The highest BCUT2D eigenvalue weighted by atomic mass is 35.5. The van der Waals surface area contributed by atoms with Gasteiger partial charge in [-0.3, -0.25) is 19.7 Å². The predicted molar refractivity (Wildman–Crippen MR) is 118 cm³/mol. The van der Waals surface area contributed by atoms with Gasteiger partial charge in [-0.1, -0.05) is 0 Å². The highest BCUT2D eigenvalue weighted by Crippen LogP contribution is 2.26. The summed E-state index contributed by atoms with van der Waals surface area (Å²) in [5.74, 6) is -0.708. The first-order valence-electron chi connectivity index (χ1n) is 10.7. The molecule has 1 aromatic rings. The van der Waals surface area contributed by atoms with Crippen LogP contribution in [0.15, 0.2) is 18.2 Å². The van der Waals surface area contributed by atoms with Crippen molar-refractivity contribution in [2.45, 2.75) is 31.7 Å². The van der Waals surface area contributed by atoms with E-state index in [1.54, 1.807) is 12.1 Å². The molecular weight excluding hydrogens is 425 g/mol. The molecule has 0 aromatic heterocycles. The lowest BCUT2D eigenvalue weighted by Crippen LogP contribution is -2.51. The summed E-state index contributed by atoms with van der Waals surface area (Å²) < 4.78 is 14.8. The fraction of sp³-hybridized carbons (Fsp3) is 0.571. The van der Waals surface area contributed by atoms with Crippen molar-refractivity contribution in [2.24, 2.45) is 5.92 Å². The lowest BCUT2D eigenvalue weighted by atomic mass is 9.96. The van der Waals surface area contributed by atoms with Gasteiger partial charge in [0.05, 0.1) is 5.69 Å². The highest BCUT2D eigenvalue weighted by Gasteiger charge is 2.29. The Morgan fingerprint density at radius 1 is 1.06 bits per heavy atom. The van der Waals surface area contributed by atoms with Crippen molar-refractivity contribution in [1.29, 1.82) is 0 Å². The summed E-state index contributed by atoms with van der Waals surface area (Å²) in [7, 11) is 0. The summed E-state index contributed by atoms with van der Waals surface area (Å²) in [6.45, 7) is 4.15. The Morgan fingerprint density at radius 3 is 2.42 bits per heavy atom. The molecule has 8 nitrogen and oxygen atoms in total. The number of amides is 3. The van der Waals surface area contributed by atoms with Gasteiger partial charge >= 0.3 is 0 Å². The van der Waals surface area contributed by atoms with Crippen molar-refractivity contribution in [2.75, 3.05) is 49.5 Å². The van der Waals surface area contributed by atoms with E-state index in [0.29, 0.717) is 44.0 Å². The zero-order valence-electron chi connectivity index (χ0n) is 17.4. The van der Waals surface area contributed by atoms with E-state index >= 15 is 0 Å². The average molecular weight is 454 g/mol. The number of hydrogen-bond donors (Lipinski definition) is 3.